The normalized spacial score (nSPS) is 19.1. The van der Waals surface area contributed by atoms with E-state index in [1.165, 1.54) is 18.2 Å². The fraction of sp³-hybridized carbons (Fsp3) is 0.467. The van der Waals surface area contributed by atoms with E-state index in [0.717, 1.165) is 19.4 Å². The number of carbonyl (C=O) groups is 1. The van der Waals surface area contributed by atoms with Crippen molar-refractivity contribution in [2.24, 2.45) is 0 Å². The summed E-state index contributed by atoms with van der Waals surface area (Å²) < 4.78 is 37.9. The molecule has 1 fully saturated rings. The quantitative estimate of drug-likeness (QED) is 0.794. The number of fused-ring (bicyclic) bond motifs is 1. The van der Waals surface area contributed by atoms with Crippen LogP contribution in [0.3, 0.4) is 0 Å². The second-order valence-electron chi connectivity index (χ2n) is 5.81. The van der Waals surface area contributed by atoms with Crippen LogP contribution in [0.25, 0.3) is 11.0 Å². The highest BCUT2D eigenvalue weighted by Crippen LogP contribution is 2.29. The van der Waals surface area contributed by atoms with Crippen molar-refractivity contribution in [1.82, 2.24) is 14.9 Å². The summed E-state index contributed by atoms with van der Waals surface area (Å²) in [7, 11) is 0. The first-order valence-electron chi connectivity index (χ1n) is 7.58. The highest BCUT2D eigenvalue weighted by atomic mass is 19.4. The number of carbonyl (C=O) groups excluding carboxylic acids is 1. The van der Waals surface area contributed by atoms with Crippen molar-refractivity contribution >= 4 is 22.6 Å². The Balaban J connectivity index is 1.69. The van der Waals surface area contributed by atoms with Crippen molar-refractivity contribution in [3.63, 3.8) is 0 Å². The van der Waals surface area contributed by atoms with Crippen LogP contribution in [0.5, 0.6) is 0 Å². The average molecular weight is 342 g/mol. The number of alkyl halides is 3. The molecule has 3 rings (SSSR count). The molecule has 9 heteroatoms. The summed E-state index contributed by atoms with van der Waals surface area (Å²) in [6.45, 7) is 0.890. The third-order valence-electron chi connectivity index (χ3n) is 4.09. The van der Waals surface area contributed by atoms with Gasteiger partial charge in [0.15, 0.2) is 0 Å². The molecule has 0 spiro atoms. The number of benzene rings is 1. The van der Waals surface area contributed by atoms with E-state index in [1.54, 1.807) is 0 Å². The van der Waals surface area contributed by atoms with Crippen LogP contribution in [-0.4, -0.2) is 51.6 Å². The summed E-state index contributed by atoms with van der Waals surface area (Å²) in [6, 6.07) is 4.33. The van der Waals surface area contributed by atoms with Crippen molar-refractivity contribution in [2.45, 2.75) is 25.1 Å². The highest BCUT2D eigenvalue weighted by Gasteiger charge is 2.34. The molecule has 0 bridgehead atoms. The molecule has 1 aromatic carbocycles. The number of hydrogen-bond donors (Lipinski definition) is 3. The van der Waals surface area contributed by atoms with Crippen LogP contribution >= 0.6 is 0 Å². The monoisotopic (exact) mass is 342 g/mol. The lowest BCUT2D eigenvalue weighted by Crippen LogP contribution is -2.38. The molecule has 1 amide bonds. The summed E-state index contributed by atoms with van der Waals surface area (Å²) in [5.41, 5.74) is 0.777. The number of nitrogens with one attached hydrogen (secondary N) is 2. The number of halogens is 3. The number of rotatable bonds is 4. The van der Waals surface area contributed by atoms with E-state index in [0.29, 0.717) is 5.69 Å². The molecule has 1 aliphatic rings. The minimum absolute atomic E-state index is 0.00754. The molecule has 0 saturated carbocycles. The highest BCUT2D eigenvalue weighted by molar-refractivity contribution is 5.94. The molecule has 0 radical (unpaired) electrons. The molecule has 1 atom stereocenters. The van der Waals surface area contributed by atoms with Gasteiger partial charge in [0, 0.05) is 11.7 Å². The number of H-pyrrole nitrogens is 1. The third kappa shape index (κ3) is 3.51. The molecule has 24 heavy (non-hydrogen) atoms. The number of nitrogens with zero attached hydrogens (tertiary/aromatic N) is 2. The smallest absolute Gasteiger partial charge is 0.395 e. The van der Waals surface area contributed by atoms with Gasteiger partial charge >= 0.3 is 6.18 Å². The van der Waals surface area contributed by atoms with Crippen LogP contribution in [0.15, 0.2) is 18.2 Å². The van der Waals surface area contributed by atoms with Crippen LogP contribution in [0.2, 0.25) is 0 Å². The minimum Gasteiger partial charge on any atom is -0.395 e. The number of aromatic amines is 1. The van der Waals surface area contributed by atoms with E-state index < -0.39 is 12.0 Å². The van der Waals surface area contributed by atoms with Gasteiger partial charge in [-0.05, 0) is 37.6 Å². The van der Waals surface area contributed by atoms with E-state index in [9.17, 15) is 23.1 Å². The number of aromatic nitrogens is 2. The van der Waals surface area contributed by atoms with Gasteiger partial charge in [0.2, 0.25) is 11.7 Å². The second kappa shape index (κ2) is 6.40. The number of hydrogen-bond acceptors (Lipinski definition) is 4. The number of amides is 1. The van der Waals surface area contributed by atoms with Gasteiger partial charge in [-0.3, -0.25) is 9.69 Å². The predicted octanol–water partition coefficient (Wildman–Crippen LogP) is 1.98. The Kier molecular flexibility index (Phi) is 4.46. The lowest BCUT2D eigenvalue weighted by atomic mass is 10.2. The molecule has 6 nitrogen and oxygen atoms in total. The fourth-order valence-electron chi connectivity index (χ4n) is 2.92. The Morgan fingerprint density at radius 1 is 1.46 bits per heavy atom. The molecule has 130 valence electrons. The number of aliphatic hydroxyl groups excluding tert-OH is 1. The Hall–Kier alpha value is -2.13. The van der Waals surface area contributed by atoms with Crippen LogP contribution in [-0.2, 0) is 11.0 Å². The first-order valence-corrected chi connectivity index (χ1v) is 7.58. The van der Waals surface area contributed by atoms with Gasteiger partial charge in [-0.15, -0.1) is 0 Å². The molecule has 2 heterocycles. The van der Waals surface area contributed by atoms with Crippen molar-refractivity contribution < 1.29 is 23.1 Å². The van der Waals surface area contributed by atoms with E-state index in [4.69, 9.17) is 0 Å². The van der Waals surface area contributed by atoms with Crippen LogP contribution < -0.4 is 5.32 Å². The first-order chi connectivity index (χ1) is 11.4. The zero-order chi connectivity index (χ0) is 17.3. The maximum atomic E-state index is 12.6. The van der Waals surface area contributed by atoms with Crippen LogP contribution in [0.1, 0.15) is 18.7 Å². The molecule has 1 aromatic heterocycles. The van der Waals surface area contributed by atoms with Gasteiger partial charge in [0.05, 0.1) is 24.2 Å². The summed E-state index contributed by atoms with van der Waals surface area (Å²) in [5, 5.41) is 11.9. The average Bonchev–Trinajstić information content (AvgIpc) is 3.12. The Morgan fingerprint density at radius 2 is 2.25 bits per heavy atom. The zero-order valence-electron chi connectivity index (χ0n) is 12.7. The maximum Gasteiger partial charge on any atom is 0.449 e. The van der Waals surface area contributed by atoms with Gasteiger partial charge in [0.1, 0.15) is 0 Å². The summed E-state index contributed by atoms with van der Waals surface area (Å²) in [5.74, 6) is -1.34. The molecule has 0 aliphatic carbocycles. The summed E-state index contributed by atoms with van der Waals surface area (Å²) in [4.78, 5) is 19.7. The topological polar surface area (TPSA) is 81.2 Å². The molecule has 1 unspecified atom stereocenters. The molecule has 2 aromatic rings. The van der Waals surface area contributed by atoms with E-state index >= 15 is 0 Å². The molecular weight excluding hydrogens is 325 g/mol. The van der Waals surface area contributed by atoms with Gasteiger partial charge in [0.25, 0.3) is 0 Å². The van der Waals surface area contributed by atoms with Crippen molar-refractivity contribution in [1.29, 1.82) is 0 Å². The maximum absolute atomic E-state index is 12.6. The lowest BCUT2D eigenvalue weighted by molar-refractivity contribution is -0.144. The van der Waals surface area contributed by atoms with Gasteiger partial charge in [-0.25, -0.2) is 4.98 Å². The lowest BCUT2D eigenvalue weighted by Gasteiger charge is -2.21. The number of imidazole rings is 1. The van der Waals surface area contributed by atoms with E-state index in [1.807, 2.05) is 4.90 Å². The number of aliphatic hydroxyl groups is 1. The van der Waals surface area contributed by atoms with Crippen molar-refractivity contribution in [3.05, 3.63) is 24.0 Å². The standard InChI is InChI=1S/C15H17F3N4O2/c16-15(17,18)14-20-11-4-3-9(6-12(11)21-14)19-13(24)7-22-5-1-2-10(22)8-23/h3-4,6,10,23H,1-2,5,7-8H2,(H,19,24)(H,20,21). The van der Waals surface area contributed by atoms with E-state index in [-0.39, 0.29) is 36.1 Å². The Labute approximate surface area is 135 Å². The zero-order valence-corrected chi connectivity index (χ0v) is 12.7. The van der Waals surface area contributed by atoms with Crippen molar-refractivity contribution in [3.8, 4) is 0 Å². The minimum atomic E-state index is -4.54. The molecule has 3 N–H and O–H groups in total. The van der Waals surface area contributed by atoms with Crippen LogP contribution in [0.4, 0.5) is 18.9 Å². The SMILES string of the molecule is O=C(CN1CCCC1CO)Nc1ccc2nc(C(F)(F)F)[nH]c2c1. The Bertz CT molecular complexity index is 744. The van der Waals surface area contributed by atoms with Gasteiger partial charge in [-0.1, -0.05) is 0 Å². The first kappa shape index (κ1) is 16.7. The second-order valence-corrected chi connectivity index (χ2v) is 5.81. The summed E-state index contributed by atoms with van der Waals surface area (Å²) in [6.07, 6.45) is -2.76. The largest absolute Gasteiger partial charge is 0.449 e. The Morgan fingerprint density at radius 3 is 2.96 bits per heavy atom. The number of anilines is 1. The predicted molar refractivity (Wildman–Crippen MR) is 81.4 cm³/mol. The molecular formula is C15H17F3N4O2. The molecule has 1 aliphatic heterocycles. The summed E-state index contributed by atoms with van der Waals surface area (Å²) >= 11 is 0. The fourth-order valence-corrected chi connectivity index (χ4v) is 2.92. The molecule has 1 saturated heterocycles. The van der Waals surface area contributed by atoms with Gasteiger partial charge in [-0.2, -0.15) is 13.2 Å². The van der Waals surface area contributed by atoms with Gasteiger partial charge < -0.3 is 15.4 Å². The number of likely N-dealkylation sites (tertiary alicyclic amines) is 1. The third-order valence-corrected chi connectivity index (χ3v) is 4.09. The van der Waals surface area contributed by atoms with Crippen molar-refractivity contribution in [2.75, 3.05) is 25.0 Å². The van der Waals surface area contributed by atoms with Crippen LogP contribution in [0, 0.1) is 0 Å². The van der Waals surface area contributed by atoms with E-state index in [2.05, 4.69) is 15.3 Å².